The molecule has 0 aliphatic heterocycles. The first-order valence-corrected chi connectivity index (χ1v) is 7.88. The highest BCUT2D eigenvalue weighted by molar-refractivity contribution is 5.93. The molecule has 0 saturated heterocycles. The van der Waals surface area contributed by atoms with E-state index in [0.717, 1.165) is 25.0 Å². The summed E-state index contributed by atoms with van der Waals surface area (Å²) in [4.78, 5) is 22.3. The number of amides is 1. The van der Waals surface area contributed by atoms with Crippen molar-refractivity contribution in [3.8, 4) is 0 Å². The Kier molecular flexibility index (Phi) is 6.17. The summed E-state index contributed by atoms with van der Waals surface area (Å²) < 4.78 is 26.2. The zero-order valence-electron chi connectivity index (χ0n) is 13.7. The van der Waals surface area contributed by atoms with Gasteiger partial charge in [0.2, 0.25) is 0 Å². The highest BCUT2D eigenvalue weighted by Crippen LogP contribution is 2.18. The van der Waals surface area contributed by atoms with Gasteiger partial charge in [0.1, 0.15) is 17.8 Å². The molecule has 1 amide bonds. The zero-order chi connectivity index (χ0) is 17.5. The van der Waals surface area contributed by atoms with Crippen LogP contribution in [-0.2, 0) is 0 Å². The number of carbonyl (C=O) groups is 1. The summed E-state index contributed by atoms with van der Waals surface area (Å²) in [6, 6.07) is 4.94. The SMILES string of the molecule is CCCN(CCC)C(=O)c1cc(Nc2ccc(F)c(F)c2)ncn1. The number of nitrogens with zero attached hydrogens (tertiary/aromatic N) is 3. The third-order valence-corrected chi connectivity index (χ3v) is 3.35. The Labute approximate surface area is 139 Å². The summed E-state index contributed by atoms with van der Waals surface area (Å²) in [6.45, 7) is 5.32. The standard InChI is InChI=1S/C17H20F2N4O/c1-3-7-23(8-4-2)17(24)15-10-16(21-11-20-15)22-12-5-6-13(18)14(19)9-12/h5-6,9-11H,3-4,7-8H2,1-2H3,(H,20,21,22). The van der Waals surface area contributed by atoms with Crippen LogP contribution in [0.4, 0.5) is 20.3 Å². The molecule has 0 fully saturated rings. The highest BCUT2D eigenvalue weighted by Gasteiger charge is 2.16. The molecule has 1 aromatic heterocycles. The second-order valence-corrected chi connectivity index (χ2v) is 5.33. The van der Waals surface area contributed by atoms with Gasteiger partial charge in [-0.25, -0.2) is 18.7 Å². The maximum absolute atomic E-state index is 13.3. The number of hydrogen-bond acceptors (Lipinski definition) is 4. The van der Waals surface area contributed by atoms with Gasteiger partial charge in [-0.3, -0.25) is 4.79 Å². The third-order valence-electron chi connectivity index (χ3n) is 3.35. The largest absolute Gasteiger partial charge is 0.340 e. The number of anilines is 2. The summed E-state index contributed by atoms with van der Waals surface area (Å²) in [6.07, 6.45) is 2.99. The first-order chi connectivity index (χ1) is 11.5. The van der Waals surface area contributed by atoms with Gasteiger partial charge < -0.3 is 10.2 Å². The molecule has 24 heavy (non-hydrogen) atoms. The van der Waals surface area contributed by atoms with Crippen LogP contribution in [-0.4, -0.2) is 33.9 Å². The van der Waals surface area contributed by atoms with Gasteiger partial charge in [-0.1, -0.05) is 13.8 Å². The van der Waals surface area contributed by atoms with Crippen LogP contribution in [0, 0.1) is 11.6 Å². The van der Waals surface area contributed by atoms with Gasteiger partial charge in [-0.2, -0.15) is 0 Å². The van der Waals surface area contributed by atoms with E-state index < -0.39 is 11.6 Å². The van der Waals surface area contributed by atoms with Gasteiger partial charge in [0.05, 0.1) is 0 Å². The molecule has 0 saturated carbocycles. The van der Waals surface area contributed by atoms with Crippen LogP contribution in [0.5, 0.6) is 0 Å². The van der Waals surface area contributed by atoms with E-state index in [-0.39, 0.29) is 11.6 Å². The molecular weight excluding hydrogens is 314 g/mol. The minimum absolute atomic E-state index is 0.172. The molecule has 1 aromatic carbocycles. The zero-order valence-corrected chi connectivity index (χ0v) is 13.7. The fourth-order valence-electron chi connectivity index (χ4n) is 2.28. The van der Waals surface area contributed by atoms with Crippen molar-refractivity contribution in [1.29, 1.82) is 0 Å². The lowest BCUT2D eigenvalue weighted by atomic mass is 10.2. The number of carbonyl (C=O) groups excluding carboxylic acids is 1. The van der Waals surface area contributed by atoms with Crippen LogP contribution in [0.3, 0.4) is 0 Å². The molecule has 0 radical (unpaired) electrons. The topological polar surface area (TPSA) is 58.1 Å². The molecule has 0 aliphatic rings. The lowest BCUT2D eigenvalue weighted by molar-refractivity contribution is 0.0749. The molecule has 0 atom stereocenters. The average molecular weight is 334 g/mol. The minimum atomic E-state index is -0.956. The monoisotopic (exact) mass is 334 g/mol. The van der Waals surface area contributed by atoms with E-state index >= 15 is 0 Å². The van der Waals surface area contributed by atoms with Gasteiger partial charge in [0.25, 0.3) is 5.91 Å². The van der Waals surface area contributed by atoms with Gasteiger partial charge in [-0.15, -0.1) is 0 Å². The normalized spacial score (nSPS) is 10.5. The number of benzene rings is 1. The quantitative estimate of drug-likeness (QED) is 0.837. The van der Waals surface area contributed by atoms with E-state index in [2.05, 4.69) is 15.3 Å². The number of halogens is 2. The summed E-state index contributed by atoms with van der Waals surface area (Å²) in [5.41, 5.74) is 0.599. The van der Waals surface area contributed by atoms with Crippen molar-refractivity contribution in [2.24, 2.45) is 0 Å². The van der Waals surface area contributed by atoms with E-state index in [0.29, 0.717) is 24.6 Å². The lowest BCUT2D eigenvalue weighted by Crippen LogP contribution is -2.33. The van der Waals surface area contributed by atoms with Crippen LogP contribution in [0.25, 0.3) is 0 Å². The number of hydrogen-bond donors (Lipinski definition) is 1. The van der Waals surface area contributed by atoms with Crippen molar-refractivity contribution >= 4 is 17.4 Å². The lowest BCUT2D eigenvalue weighted by Gasteiger charge is -2.21. The Hall–Kier alpha value is -2.57. The Bertz CT molecular complexity index is 703. The van der Waals surface area contributed by atoms with Crippen LogP contribution in [0.1, 0.15) is 37.2 Å². The predicted octanol–water partition coefficient (Wildman–Crippen LogP) is 3.76. The summed E-state index contributed by atoms with van der Waals surface area (Å²) in [7, 11) is 0. The first-order valence-electron chi connectivity index (χ1n) is 7.88. The number of rotatable bonds is 7. The Morgan fingerprint density at radius 1 is 1.08 bits per heavy atom. The molecule has 0 aliphatic carbocycles. The highest BCUT2D eigenvalue weighted by atomic mass is 19.2. The summed E-state index contributed by atoms with van der Waals surface area (Å²) >= 11 is 0. The maximum Gasteiger partial charge on any atom is 0.272 e. The van der Waals surface area contributed by atoms with Gasteiger partial charge in [0.15, 0.2) is 11.6 Å². The predicted molar refractivity (Wildman–Crippen MR) is 88.2 cm³/mol. The van der Waals surface area contributed by atoms with E-state index in [1.807, 2.05) is 13.8 Å². The van der Waals surface area contributed by atoms with Crippen molar-refractivity contribution in [2.75, 3.05) is 18.4 Å². The molecule has 2 rings (SSSR count). The molecule has 1 heterocycles. The second kappa shape index (κ2) is 8.33. The van der Waals surface area contributed by atoms with Crippen LogP contribution in [0.15, 0.2) is 30.6 Å². The Morgan fingerprint density at radius 2 is 1.79 bits per heavy atom. The molecule has 0 spiro atoms. The van der Waals surface area contributed by atoms with Crippen molar-refractivity contribution in [2.45, 2.75) is 26.7 Å². The molecule has 5 nitrogen and oxygen atoms in total. The smallest absolute Gasteiger partial charge is 0.272 e. The van der Waals surface area contributed by atoms with E-state index in [1.54, 1.807) is 4.90 Å². The molecule has 1 N–H and O–H groups in total. The molecule has 7 heteroatoms. The van der Waals surface area contributed by atoms with Crippen LogP contribution >= 0.6 is 0 Å². The molecule has 2 aromatic rings. The fraction of sp³-hybridized carbons (Fsp3) is 0.353. The van der Waals surface area contributed by atoms with Crippen LogP contribution < -0.4 is 5.32 Å². The fourth-order valence-corrected chi connectivity index (χ4v) is 2.28. The van der Waals surface area contributed by atoms with E-state index in [4.69, 9.17) is 0 Å². The van der Waals surface area contributed by atoms with E-state index in [9.17, 15) is 13.6 Å². The number of aromatic nitrogens is 2. The average Bonchev–Trinajstić information content (AvgIpc) is 2.58. The van der Waals surface area contributed by atoms with Crippen molar-refractivity contribution in [1.82, 2.24) is 14.9 Å². The molecule has 0 bridgehead atoms. The van der Waals surface area contributed by atoms with Gasteiger partial charge >= 0.3 is 0 Å². The minimum Gasteiger partial charge on any atom is -0.340 e. The second-order valence-electron chi connectivity index (χ2n) is 5.33. The Morgan fingerprint density at radius 3 is 2.42 bits per heavy atom. The van der Waals surface area contributed by atoms with Gasteiger partial charge in [0, 0.05) is 30.9 Å². The van der Waals surface area contributed by atoms with Crippen molar-refractivity contribution < 1.29 is 13.6 Å². The van der Waals surface area contributed by atoms with Crippen LogP contribution in [0.2, 0.25) is 0 Å². The molecule has 128 valence electrons. The van der Waals surface area contributed by atoms with Crippen molar-refractivity contribution in [3.63, 3.8) is 0 Å². The van der Waals surface area contributed by atoms with E-state index in [1.165, 1.54) is 18.5 Å². The summed E-state index contributed by atoms with van der Waals surface area (Å²) in [5.74, 6) is -1.71. The maximum atomic E-state index is 13.3. The first kappa shape index (κ1) is 17.8. The summed E-state index contributed by atoms with van der Waals surface area (Å²) in [5, 5.41) is 2.84. The Balaban J connectivity index is 2.18. The third kappa shape index (κ3) is 4.47. The van der Waals surface area contributed by atoms with Crippen molar-refractivity contribution in [3.05, 3.63) is 47.9 Å². The number of nitrogens with one attached hydrogen (secondary N) is 1. The molecular formula is C17H20F2N4O. The van der Waals surface area contributed by atoms with Gasteiger partial charge in [-0.05, 0) is 25.0 Å². The molecule has 0 unspecified atom stereocenters.